The van der Waals surface area contributed by atoms with Crippen LogP contribution < -0.4 is 9.47 Å². The molecule has 0 aromatic heterocycles. The van der Waals surface area contributed by atoms with Crippen LogP contribution in [0.1, 0.15) is 30.0 Å². The van der Waals surface area contributed by atoms with Crippen molar-refractivity contribution >= 4 is 17.4 Å². The van der Waals surface area contributed by atoms with E-state index in [0.717, 1.165) is 18.4 Å². The Bertz CT molecular complexity index is 1010. The summed E-state index contributed by atoms with van der Waals surface area (Å²) in [5.41, 5.74) is 1.10. The number of ether oxygens (including phenoxy) is 3. The third-order valence-corrected chi connectivity index (χ3v) is 5.74. The lowest BCUT2D eigenvalue weighted by molar-refractivity contribution is -0.140. The molecule has 2 atom stereocenters. The van der Waals surface area contributed by atoms with Gasteiger partial charge in [0.1, 0.15) is 17.3 Å². The SMILES string of the molecule is COc1ccc(/C(O)=C2/C(=O)C(=O)N(CC3CCCO3)C2c2ccccc2)c(OC)c1. The third kappa shape index (κ3) is 3.88. The Labute approximate surface area is 180 Å². The summed E-state index contributed by atoms with van der Waals surface area (Å²) in [6.45, 7) is 0.939. The van der Waals surface area contributed by atoms with Crippen molar-refractivity contribution in [3.05, 3.63) is 65.2 Å². The molecular weight excluding hydrogens is 398 g/mol. The lowest BCUT2D eigenvalue weighted by atomic mass is 9.95. The predicted molar refractivity (Wildman–Crippen MR) is 114 cm³/mol. The van der Waals surface area contributed by atoms with E-state index in [1.165, 1.54) is 19.1 Å². The van der Waals surface area contributed by atoms with E-state index < -0.39 is 17.7 Å². The number of hydrogen-bond donors (Lipinski definition) is 1. The Morgan fingerprint density at radius 1 is 1.13 bits per heavy atom. The molecule has 0 saturated carbocycles. The van der Waals surface area contributed by atoms with Gasteiger partial charge in [-0.15, -0.1) is 0 Å². The molecule has 4 rings (SSSR count). The number of likely N-dealkylation sites (tertiary alicyclic amines) is 1. The second-order valence-electron chi connectivity index (χ2n) is 7.56. The molecule has 7 heteroatoms. The second kappa shape index (κ2) is 8.81. The fraction of sp³-hybridized carbons (Fsp3) is 0.333. The molecule has 0 radical (unpaired) electrons. The van der Waals surface area contributed by atoms with Crippen LogP contribution in [0.25, 0.3) is 5.76 Å². The first-order valence-electron chi connectivity index (χ1n) is 10.2. The van der Waals surface area contributed by atoms with Crippen LogP contribution in [0.4, 0.5) is 0 Å². The third-order valence-electron chi connectivity index (χ3n) is 5.74. The molecule has 2 aromatic rings. The van der Waals surface area contributed by atoms with Gasteiger partial charge in [-0.1, -0.05) is 30.3 Å². The van der Waals surface area contributed by atoms with Crippen molar-refractivity contribution in [3.8, 4) is 11.5 Å². The molecule has 2 aliphatic rings. The van der Waals surface area contributed by atoms with Gasteiger partial charge in [0.25, 0.3) is 11.7 Å². The molecule has 31 heavy (non-hydrogen) atoms. The molecule has 2 aliphatic heterocycles. The maximum Gasteiger partial charge on any atom is 0.295 e. The zero-order valence-electron chi connectivity index (χ0n) is 17.5. The minimum Gasteiger partial charge on any atom is -0.507 e. The maximum atomic E-state index is 13.1. The Kier molecular flexibility index (Phi) is 5.95. The van der Waals surface area contributed by atoms with Crippen LogP contribution in [0.3, 0.4) is 0 Å². The summed E-state index contributed by atoms with van der Waals surface area (Å²) in [7, 11) is 3.00. The summed E-state index contributed by atoms with van der Waals surface area (Å²) < 4.78 is 16.3. The van der Waals surface area contributed by atoms with E-state index in [2.05, 4.69) is 0 Å². The van der Waals surface area contributed by atoms with Gasteiger partial charge in [-0.05, 0) is 30.5 Å². The normalized spacial score (nSPS) is 22.7. The summed E-state index contributed by atoms with van der Waals surface area (Å²) in [5.74, 6) is -0.747. The van der Waals surface area contributed by atoms with E-state index in [1.807, 2.05) is 30.3 Å². The number of aliphatic hydroxyl groups is 1. The number of Topliss-reactive ketones (excluding diaryl/α,β-unsaturated/α-hetero) is 1. The zero-order valence-corrected chi connectivity index (χ0v) is 17.5. The van der Waals surface area contributed by atoms with Crippen LogP contribution in [-0.2, 0) is 14.3 Å². The lowest BCUT2D eigenvalue weighted by Gasteiger charge is -2.27. The molecular formula is C24H25NO6. The molecule has 0 spiro atoms. The van der Waals surface area contributed by atoms with Gasteiger partial charge >= 0.3 is 0 Å². The highest BCUT2D eigenvalue weighted by Gasteiger charge is 2.47. The predicted octanol–water partition coefficient (Wildman–Crippen LogP) is 3.30. The molecule has 1 amide bonds. The van der Waals surface area contributed by atoms with Crippen LogP contribution in [0.15, 0.2) is 54.1 Å². The smallest absolute Gasteiger partial charge is 0.295 e. The number of benzene rings is 2. The Hall–Kier alpha value is -3.32. The van der Waals surface area contributed by atoms with Crippen LogP contribution >= 0.6 is 0 Å². The number of carbonyl (C=O) groups is 2. The first-order chi connectivity index (χ1) is 15.0. The average molecular weight is 423 g/mol. The zero-order chi connectivity index (χ0) is 22.0. The quantitative estimate of drug-likeness (QED) is 0.436. The van der Waals surface area contributed by atoms with E-state index in [-0.39, 0.29) is 17.4 Å². The Morgan fingerprint density at radius 3 is 2.55 bits per heavy atom. The molecule has 7 nitrogen and oxygen atoms in total. The number of rotatable bonds is 6. The van der Waals surface area contributed by atoms with E-state index in [0.29, 0.717) is 30.2 Å². The number of amides is 1. The van der Waals surface area contributed by atoms with Gasteiger partial charge in [0.15, 0.2) is 0 Å². The number of hydrogen-bond acceptors (Lipinski definition) is 6. The van der Waals surface area contributed by atoms with E-state index in [9.17, 15) is 14.7 Å². The van der Waals surface area contributed by atoms with Crippen molar-refractivity contribution in [2.45, 2.75) is 25.0 Å². The van der Waals surface area contributed by atoms with Crippen LogP contribution in [-0.4, -0.2) is 55.2 Å². The van der Waals surface area contributed by atoms with Gasteiger partial charge in [-0.3, -0.25) is 9.59 Å². The second-order valence-corrected chi connectivity index (χ2v) is 7.56. The van der Waals surface area contributed by atoms with Crippen molar-refractivity contribution < 1.29 is 28.9 Å². The lowest BCUT2D eigenvalue weighted by Crippen LogP contribution is -2.36. The van der Waals surface area contributed by atoms with Gasteiger partial charge in [-0.2, -0.15) is 0 Å². The number of carbonyl (C=O) groups excluding carboxylic acids is 2. The largest absolute Gasteiger partial charge is 0.507 e. The van der Waals surface area contributed by atoms with E-state index >= 15 is 0 Å². The highest BCUT2D eigenvalue weighted by molar-refractivity contribution is 6.46. The summed E-state index contributed by atoms with van der Waals surface area (Å²) in [4.78, 5) is 27.6. The van der Waals surface area contributed by atoms with Crippen molar-refractivity contribution in [2.24, 2.45) is 0 Å². The van der Waals surface area contributed by atoms with Crippen molar-refractivity contribution in [2.75, 3.05) is 27.4 Å². The molecule has 1 N–H and O–H groups in total. The average Bonchev–Trinajstić information content (AvgIpc) is 3.41. The summed E-state index contributed by atoms with van der Waals surface area (Å²) in [6.07, 6.45) is 1.63. The minimum atomic E-state index is -0.720. The highest BCUT2D eigenvalue weighted by atomic mass is 16.5. The molecule has 162 valence electrons. The molecule has 0 aliphatic carbocycles. The van der Waals surface area contributed by atoms with Crippen LogP contribution in [0.5, 0.6) is 11.5 Å². The topological polar surface area (TPSA) is 85.3 Å². The molecule has 2 fully saturated rings. The first-order valence-corrected chi connectivity index (χ1v) is 10.2. The van der Waals surface area contributed by atoms with Gasteiger partial charge in [0.05, 0.1) is 37.5 Å². The minimum absolute atomic E-state index is 0.0395. The van der Waals surface area contributed by atoms with Crippen molar-refractivity contribution in [3.63, 3.8) is 0 Å². The monoisotopic (exact) mass is 423 g/mol. The molecule has 0 bridgehead atoms. The molecule has 2 heterocycles. The standard InChI is InChI=1S/C24H25NO6/c1-29-16-10-11-18(19(13-16)30-2)22(26)20-21(15-7-4-3-5-8-15)25(24(28)23(20)27)14-17-9-6-12-31-17/h3-5,7-8,10-11,13,17,21,26H,6,9,12,14H2,1-2H3/b22-20-. The Balaban J connectivity index is 1.84. The fourth-order valence-corrected chi connectivity index (χ4v) is 4.20. The molecule has 2 saturated heterocycles. The van der Waals surface area contributed by atoms with Crippen molar-refractivity contribution in [1.29, 1.82) is 0 Å². The maximum absolute atomic E-state index is 13.1. The number of ketones is 1. The summed E-state index contributed by atoms with van der Waals surface area (Å²) in [6, 6.07) is 13.4. The van der Waals surface area contributed by atoms with Gasteiger partial charge < -0.3 is 24.2 Å². The van der Waals surface area contributed by atoms with Gasteiger partial charge in [0, 0.05) is 19.2 Å². The van der Waals surface area contributed by atoms with Crippen molar-refractivity contribution in [1.82, 2.24) is 4.90 Å². The Morgan fingerprint density at radius 2 is 1.90 bits per heavy atom. The fourth-order valence-electron chi connectivity index (χ4n) is 4.20. The number of nitrogens with zero attached hydrogens (tertiary/aromatic N) is 1. The van der Waals surface area contributed by atoms with Gasteiger partial charge in [-0.25, -0.2) is 0 Å². The number of methoxy groups -OCH3 is 2. The van der Waals surface area contributed by atoms with E-state index in [1.54, 1.807) is 18.2 Å². The molecule has 2 aromatic carbocycles. The van der Waals surface area contributed by atoms with E-state index in [4.69, 9.17) is 14.2 Å². The van der Waals surface area contributed by atoms with Crippen LogP contribution in [0, 0.1) is 0 Å². The number of aliphatic hydroxyl groups excluding tert-OH is 1. The summed E-state index contributed by atoms with van der Waals surface area (Å²) >= 11 is 0. The van der Waals surface area contributed by atoms with Crippen LogP contribution in [0.2, 0.25) is 0 Å². The van der Waals surface area contributed by atoms with Gasteiger partial charge in [0.2, 0.25) is 0 Å². The molecule has 2 unspecified atom stereocenters. The summed E-state index contributed by atoms with van der Waals surface area (Å²) in [5, 5.41) is 11.2. The first kappa shape index (κ1) is 20.9. The highest BCUT2D eigenvalue weighted by Crippen LogP contribution is 2.41.